The highest BCUT2D eigenvalue weighted by molar-refractivity contribution is 6.35. The van der Waals surface area contributed by atoms with Crippen molar-refractivity contribution in [2.45, 2.75) is 19.3 Å². The van der Waals surface area contributed by atoms with Gasteiger partial charge >= 0.3 is 11.8 Å². The largest absolute Gasteiger partial charge is 0.396 e. The van der Waals surface area contributed by atoms with Gasteiger partial charge < -0.3 is 15.3 Å². The minimum Gasteiger partial charge on any atom is -0.396 e. The number of amides is 2. The third kappa shape index (κ3) is 2.99. The minimum absolute atomic E-state index is 0.0260. The fourth-order valence-corrected chi connectivity index (χ4v) is 1.42. The summed E-state index contributed by atoms with van der Waals surface area (Å²) in [5, 5.41) is 11.0. The molecule has 0 saturated carbocycles. The Labute approximate surface area is 83.1 Å². The molecule has 0 aliphatic carbocycles. The van der Waals surface area contributed by atoms with E-state index in [1.54, 1.807) is 4.90 Å². The molecule has 0 unspecified atom stereocenters. The summed E-state index contributed by atoms with van der Waals surface area (Å²) in [6.07, 6.45) is 2.45. The normalized spacial score (nSPS) is 15.6. The zero-order chi connectivity index (χ0) is 10.4. The Morgan fingerprint density at radius 3 is 2.50 bits per heavy atom. The van der Waals surface area contributed by atoms with Crippen LogP contribution in [0.2, 0.25) is 0 Å². The van der Waals surface area contributed by atoms with Gasteiger partial charge in [0.1, 0.15) is 0 Å². The molecule has 0 atom stereocenters. The summed E-state index contributed by atoms with van der Waals surface area (Å²) in [6, 6.07) is 0. The van der Waals surface area contributed by atoms with E-state index < -0.39 is 11.8 Å². The number of likely N-dealkylation sites (tertiary alicyclic amines) is 1. The fourth-order valence-electron chi connectivity index (χ4n) is 1.42. The summed E-state index contributed by atoms with van der Waals surface area (Å²) in [6.45, 7) is 1.76. The average molecular weight is 200 g/mol. The molecule has 0 radical (unpaired) electrons. The number of aliphatic hydroxyl groups is 1. The van der Waals surface area contributed by atoms with E-state index in [0.29, 0.717) is 26.1 Å². The molecule has 0 bridgehead atoms. The van der Waals surface area contributed by atoms with Crippen molar-refractivity contribution in [2.24, 2.45) is 0 Å². The van der Waals surface area contributed by atoms with Gasteiger partial charge in [-0.1, -0.05) is 0 Å². The average Bonchev–Trinajstić information content (AvgIpc) is 2.69. The molecule has 5 heteroatoms. The highest BCUT2D eigenvalue weighted by Gasteiger charge is 2.23. The molecule has 2 N–H and O–H groups in total. The lowest BCUT2D eigenvalue weighted by atomic mass is 10.4. The summed E-state index contributed by atoms with van der Waals surface area (Å²) in [5.74, 6) is -0.999. The summed E-state index contributed by atoms with van der Waals surface area (Å²) >= 11 is 0. The van der Waals surface area contributed by atoms with Crippen molar-refractivity contribution in [2.75, 3.05) is 26.2 Å². The fraction of sp³-hybridized carbons (Fsp3) is 0.778. The van der Waals surface area contributed by atoms with Crippen LogP contribution in [-0.2, 0) is 9.59 Å². The SMILES string of the molecule is O=C(NCCCO)C(=O)N1CCCC1. The van der Waals surface area contributed by atoms with Gasteiger partial charge in [0.25, 0.3) is 0 Å². The molecular formula is C9H16N2O3. The van der Waals surface area contributed by atoms with E-state index in [1.807, 2.05) is 0 Å². The maximum atomic E-state index is 11.4. The van der Waals surface area contributed by atoms with E-state index in [0.717, 1.165) is 12.8 Å². The van der Waals surface area contributed by atoms with Gasteiger partial charge in [0.2, 0.25) is 0 Å². The highest BCUT2D eigenvalue weighted by Crippen LogP contribution is 2.06. The minimum atomic E-state index is -0.555. The summed E-state index contributed by atoms with van der Waals surface area (Å²) in [7, 11) is 0. The third-order valence-electron chi connectivity index (χ3n) is 2.21. The summed E-state index contributed by atoms with van der Waals surface area (Å²) in [5.41, 5.74) is 0. The van der Waals surface area contributed by atoms with Crippen LogP contribution in [0.1, 0.15) is 19.3 Å². The Bertz CT molecular complexity index is 212. The van der Waals surface area contributed by atoms with E-state index >= 15 is 0 Å². The lowest BCUT2D eigenvalue weighted by Crippen LogP contribution is -2.41. The van der Waals surface area contributed by atoms with Crippen molar-refractivity contribution in [1.82, 2.24) is 10.2 Å². The van der Waals surface area contributed by atoms with Crippen LogP contribution in [0, 0.1) is 0 Å². The predicted molar refractivity (Wildman–Crippen MR) is 50.5 cm³/mol. The van der Waals surface area contributed by atoms with Gasteiger partial charge in [-0.2, -0.15) is 0 Å². The molecule has 80 valence electrons. The number of nitrogens with zero attached hydrogens (tertiary/aromatic N) is 1. The van der Waals surface area contributed by atoms with Crippen LogP contribution in [0.25, 0.3) is 0 Å². The topological polar surface area (TPSA) is 69.6 Å². The van der Waals surface area contributed by atoms with E-state index in [9.17, 15) is 9.59 Å². The third-order valence-corrected chi connectivity index (χ3v) is 2.21. The Kier molecular flexibility index (Phi) is 4.39. The van der Waals surface area contributed by atoms with E-state index in [4.69, 9.17) is 5.11 Å². The number of hydrogen-bond acceptors (Lipinski definition) is 3. The van der Waals surface area contributed by atoms with Crippen molar-refractivity contribution >= 4 is 11.8 Å². The van der Waals surface area contributed by atoms with Crippen molar-refractivity contribution < 1.29 is 14.7 Å². The van der Waals surface area contributed by atoms with Crippen molar-refractivity contribution in [3.63, 3.8) is 0 Å². The lowest BCUT2D eigenvalue weighted by Gasteiger charge is -2.14. The van der Waals surface area contributed by atoms with E-state index in [2.05, 4.69) is 5.32 Å². The van der Waals surface area contributed by atoms with Gasteiger partial charge in [-0.05, 0) is 19.3 Å². The second-order valence-electron chi connectivity index (χ2n) is 3.33. The molecule has 1 rings (SSSR count). The molecule has 0 spiro atoms. The maximum Gasteiger partial charge on any atom is 0.311 e. The van der Waals surface area contributed by atoms with Crippen LogP contribution < -0.4 is 5.32 Å². The number of aliphatic hydroxyl groups excluding tert-OH is 1. The smallest absolute Gasteiger partial charge is 0.311 e. The van der Waals surface area contributed by atoms with Crippen LogP contribution in [0.15, 0.2) is 0 Å². The summed E-state index contributed by atoms with van der Waals surface area (Å²) in [4.78, 5) is 24.2. The van der Waals surface area contributed by atoms with Crippen LogP contribution >= 0.6 is 0 Å². The molecule has 1 aliphatic heterocycles. The Morgan fingerprint density at radius 1 is 1.29 bits per heavy atom. The first-order valence-corrected chi connectivity index (χ1v) is 4.93. The standard InChI is InChI=1S/C9H16N2O3/c12-7-3-4-10-8(13)9(14)11-5-1-2-6-11/h12H,1-7H2,(H,10,13). The van der Waals surface area contributed by atoms with Gasteiger partial charge in [-0.3, -0.25) is 9.59 Å². The Balaban J connectivity index is 2.25. The van der Waals surface area contributed by atoms with Gasteiger partial charge in [-0.15, -0.1) is 0 Å². The van der Waals surface area contributed by atoms with E-state index in [1.165, 1.54) is 0 Å². The number of carbonyl (C=O) groups excluding carboxylic acids is 2. The monoisotopic (exact) mass is 200 g/mol. The zero-order valence-corrected chi connectivity index (χ0v) is 8.16. The van der Waals surface area contributed by atoms with Crippen LogP contribution in [-0.4, -0.2) is 48.1 Å². The lowest BCUT2D eigenvalue weighted by molar-refractivity contribution is -0.145. The second kappa shape index (κ2) is 5.59. The predicted octanol–water partition coefficient (Wildman–Crippen LogP) is -0.893. The molecule has 5 nitrogen and oxygen atoms in total. The Morgan fingerprint density at radius 2 is 1.93 bits per heavy atom. The van der Waals surface area contributed by atoms with Crippen LogP contribution in [0.3, 0.4) is 0 Å². The molecule has 1 heterocycles. The molecule has 1 aliphatic rings. The molecule has 2 amide bonds. The molecular weight excluding hydrogens is 184 g/mol. The first-order chi connectivity index (χ1) is 6.75. The first-order valence-electron chi connectivity index (χ1n) is 4.93. The number of rotatable bonds is 3. The number of nitrogens with one attached hydrogen (secondary N) is 1. The second-order valence-corrected chi connectivity index (χ2v) is 3.33. The molecule has 0 aromatic heterocycles. The zero-order valence-electron chi connectivity index (χ0n) is 8.16. The summed E-state index contributed by atoms with van der Waals surface area (Å²) < 4.78 is 0. The Hall–Kier alpha value is -1.10. The molecule has 0 aromatic carbocycles. The van der Waals surface area contributed by atoms with Crippen molar-refractivity contribution in [3.8, 4) is 0 Å². The molecule has 1 fully saturated rings. The van der Waals surface area contributed by atoms with Crippen molar-refractivity contribution in [3.05, 3.63) is 0 Å². The van der Waals surface area contributed by atoms with Gasteiger partial charge in [-0.25, -0.2) is 0 Å². The molecule has 1 saturated heterocycles. The van der Waals surface area contributed by atoms with Crippen molar-refractivity contribution in [1.29, 1.82) is 0 Å². The maximum absolute atomic E-state index is 11.4. The highest BCUT2D eigenvalue weighted by atomic mass is 16.3. The van der Waals surface area contributed by atoms with Crippen LogP contribution in [0.4, 0.5) is 0 Å². The quantitative estimate of drug-likeness (QED) is 0.458. The molecule has 0 aromatic rings. The van der Waals surface area contributed by atoms with E-state index in [-0.39, 0.29) is 6.61 Å². The van der Waals surface area contributed by atoms with Gasteiger partial charge in [0.05, 0.1) is 0 Å². The van der Waals surface area contributed by atoms with Crippen LogP contribution in [0.5, 0.6) is 0 Å². The van der Waals surface area contributed by atoms with Gasteiger partial charge in [0.15, 0.2) is 0 Å². The number of carbonyl (C=O) groups is 2. The van der Waals surface area contributed by atoms with Gasteiger partial charge in [0, 0.05) is 26.2 Å². The molecule has 14 heavy (non-hydrogen) atoms. The first kappa shape index (κ1) is 11.0. The number of hydrogen-bond donors (Lipinski definition) is 2.